The predicted molar refractivity (Wildman–Crippen MR) is 105 cm³/mol. The van der Waals surface area contributed by atoms with Crippen molar-refractivity contribution in [1.82, 2.24) is 19.6 Å². The maximum absolute atomic E-state index is 13.6. The summed E-state index contributed by atoms with van der Waals surface area (Å²) in [5.41, 5.74) is 3.04. The van der Waals surface area contributed by atoms with Crippen LogP contribution in [-0.4, -0.2) is 57.2 Å². The third-order valence-corrected chi connectivity index (χ3v) is 6.90. The van der Waals surface area contributed by atoms with Gasteiger partial charge in [0.25, 0.3) is 5.91 Å². The van der Waals surface area contributed by atoms with E-state index in [1.165, 1.54) is 31.5 Å². The lowest BCUT2D eigenvalue weighted by Gasteiger charge is -2.51. The molecule has 0 radical (unpaired) electrons. The number of nitrogens with zero attached hydrogens (tertiary/aromatic N) is 4. The van der Waals surface area contributed by atoms with Gasteiger partial charge in [0.1, 0.15) is 5.69 Å². The quantitative estimate of drug-likeness (QED) is 0.841. The molecule has 1 aromatic carbocycles. The van der Waals surface area contributed by atoms with Crippen LogP contribution >= 0.6 is 0 Å². The van der Waals surface area contributed by atoms with E-state index < -0.39 is 0 Å². The highest BCUT2D eigenvalue weighted by Gasteiger charge is 2.54. The number of carbonyl (C=O) groups is 1. The molecule has 4 fully saturated rings. The zero-order valence-electron chi connectivity index (χ0n) is 16.2. The molecule has 5 heterocycles. The molecule has 5 nitrogen and oxygen atoms in total. The molecule has 1 amide bonds. The zero-order chi connectivity index (χ0) is 18.5. The summed E-state index contributed by atoms with van der Waals surface area (Å²) in [6.07, 6.45) is 2.44. The number of hydrogen-bond donors (Lipinski definition) is 0. The Bertz CT molecular complexity index is 837. The van der Waals surface area contributed by atoms with Gasteiger partial charge in [-0.3, -0.25) is 14.4 Å². The number of piperidine rings is 3. The molecule has 0 aliphatic carbocycles. The summed E-state index contributed by atoms with van der Waals surface area (Å²) >= 11 is 0. The van der Waals surface area contributed by atoms with Crippen molar-refractivity contribution >= 4 is 5.91 Å². The van der Waals surface area contributed by atoms with Crippen LogP contribution in [0.15, 0.2) is 36.4 Å². The highest BCUT2D eigenvalue weighted by Crippen LogP contribution is 2.46. The maximum atomic E-state index is 13.6. The van der Waals surface area contributed by atoms with Crippen molar-refractivity contribution < 1.29 is 4.79 Å². The molecule has 6 rings (SSSR count). The largest absolute Gasteiger partial charge is 0.332 e. The van der Waals surface area contributed by atoms with Crippen molar-refractivity contribution in [3.63, 3.8) is 0 Å². The summed E-state index contributed by atoms with van der Waals surface area (Å²) in [6, 6.07) is 13.6. The van der Waals surface area contributed by atoms with E-state index in [9.17, 15) is 4.79 Å². The summed E-state index contributed by atoms with van der Waals surface area (Å²) in [4.78, 5) is 18.4. The number of rotatable bonds is 3. The second kappa shape index (κ2) is 6.48. The number of hydrogen-bond acceptors (Lipinski definition) is 3. The van der Waals surface area contributed by atoms with Crippen LogP contribution in [0.4, 0.5) is 0 Å². The van der Waals surface area contributed by atoms with Gasteiger partial charge in [-0.1, -0.05) is 30.3 Å². The van der Waals surface area contributed by atoms with Gasteiger partial charge in [0, 0.05) is 25.0 Å². The van der Waals surface area contributed by atoms with Gasteiger partial charge in [0.05, 0.1) is 11.7 Å². The Morgan fingerprint density at radius 1 is 1.15 bits per heavy atom. The molecule has 4 aliphatic rings. The summed E-state index contributed by atoms with van der Waals surface area (Å²) < 4.78 is 1.86. The molecule has 2 bridgehead atoms. The minimum Gasteiger partial charge on any atom is -0.332 e. The Kier molecular flexibility index (Phi) is 4.08. The van der Waals surface area contributed by atoms with Gasteiger partial charge in [-0.15, -0.1) is 0 Å². The highest BCUT2D eigenvalue weighted by molar-refractivity contribution is 5.93. The van der Waals surface area contributed by atoms with Crippen LogP contribution in [0.2, 0.25) is 0 Å². The van der Waals surface area contributed by atoms with Crippen LogP contribution in [0, 0.1) is 12.8 Å². The van der Waals surface area contributed by atoms with Crippen LogP contribution < -0.4 is 0 Å². The van der Waals surface area contributed by atoms with Crippen molar-refractivity contribution in [2.24, 2.45) is 5.92 Å². The normalized spacial score (nSPS) is 31.9. The average Bonchev–Trinajstić information content (AvgIpc) is 3.31. The zero-order valence-corrected chi connectivity index (χ0v) is 16.2. The maximum Gasteiger partial charge on any atom is 0.272 e. The SMILES string of the molecule is CCn1nc(C)cc1C(=O)N1C[C@@H](c2ccccc2)[C@@H]2[C@H]1C1CCN2CC1. The Balaban J connectivity index is 1.53. The average molecular weight is 364 g/mol. The van der Waals surface area contributed by atoms with E-state index in [0.29, 0.717) is 23.9 Å². The van der Waals surface area contributed by atoms with Crippen LogP contribution in [0.5, 0.6) is 0 Å². The molecule has 1 aromatic heterocycles. The number of likely N-dealkylation sites (tertiary alicyclic amines) is 1. The number of amides is 1. The number of aryl methyl sites for hydroxylation is 2. The molecule has 0 saturated carbocycles. The molecular weight excluding hydrogens is 336 g/mol. The van der Waals surface area contributed by atoms with Gasteiger partial charge < -0.3 is 4.90 Å². The third kappa shape index (κ3) is 2.63. The second-order valence-corrected chi connectivity index (χ2v) is 8.32. The van der Waals surface area contributed by atoms with Gasteiger partial charge >= 0.3 is 0 Å². The van der Waals surface area contributed by atoms with Crippen LogP contribution in [0.1, 0.15) is 47.4 Å². The van der Waals surface area contributed by atoms with Crippen LogP contribution in [0.25, 0.3) is 0 Å². The van der Waals surface area contributed by atoms with Crippen LogP contribution in [-0.2, 0) is 6.54 Å². The van der Waals surface area contributed by atoms with Gasteiger partial charge in [-0.2, -0.15) is 5.10 Å². The summed E-state index contributed by atoms with van der Waals surface area (Å²) in [5.74, 6) is 1.21. The predicted octanol–water partition coefficient (Wildman–Crippen LogP) is 2.91. The highest BCUT2D eigenvalue weighted by atomic mass is 16.2. The molecular formula is C22H28N4O. The van der Waals surface area contributed by atoms with Crippen molar-refractivity contribution in [3.8, 4) is 0 Å². The van der Waals surface area contributed by atoms with Crippen LogP contribution in [0.3, 0.4) is 0 Å². The van der Waals surface area contributed by atoms with E-state index in [-0.39, 0.29) is 5.91 Å². The molecule has 0 unspecified atom stereocenters. The first kappa shape index (κ1) is 17.0. The first-order chi connectivity index (χ1) is 13.2. The Morgan fingerprint density at radius 3 is 2.59 bits per heavy atom. The lowest BCUT2D eigenvalue weighted by Crippen LogP contribution is -2.60. The second-order valence-electron chi connectivity index (χ2n) is 8.32. The van der Waals surface area contributed by atoms with Crippen molar-refractivity contribution in [2.45, 2.75) is 51.2 Å². The lowest BCUT2D eigenvalue weighted by molar-refractivity contribution is -0.00375. The van der Waals surface area contributed by atoms with Gasteiger partial charge in [0.2, 0.25) is 0 Å². The Labute approximate surface area is 161 Å². The number of fused-ring (bicyclic) bond motifs is 2. The fraction of sp³-hybridized carbons (Fsp3) is 0.545. The van der Waals surface area contributed by atoms with Gasteiger partial charge in [0.15, 0.2) is 0 Å². The van der Waals surface area contributed by atoms with E-state index in [4.69, 9.17) is 0 Å². The van der Waals surface area contributed by atoms with Gasteiger partial charge in [-0.05, 0) is 57.3 Å². The number of benzene rings is 1. The van der Waals surface area contributed by atoms with E-state index in [1.807, 2.05) is 17.7 Å². The van der Waals surface area contributed by atoms with Crippen molar-refractivity contribution in [1.29, 1.82) is 0 Å². The standard InChI is InChI=1S/C22H28N4O/c1-3-26-19(13-15(2)23-26)22(27)25-14-18(16-7-5-4-6-8-16)21-20(25)17-9-11-24(21)12-10-17/h4-8,13,17-18,20-21H,3,9-12,14H2,1-2H3/t18-,20+,21+/m0/s1. The molecule has 142 valence electrons. The molecule has 5 heteroatoms. The topological polar surface area (TPSA) is 41.4 Å². The van der Waals surface area contributed by atoms with E-state index in [2.05, 4.69) is 52.2 Å². The smallest absolute Gasteiger partial charge is 0.272 e. The van der Waals surface area contributed by atoms with Crippen molar-refractivity contribution in [2.75, 3.05) is 19.6 Å². The summed E-state index contributed by atoms with van der Waals surface area (Å²) in [7, 11) is 0. The summed E-state index contributed by atoms with van der Waals surface area (Å²) in [5, 5.41) is 4.51. The minimum atomic E-state index is 0.166. The molecule has 4 aliphatic heterocycles. The lowest BCUT2D eigenvalue weighted by atomic mass is 9.75. The molecule has 4 saturated heterocycles. The van der Waals surface area contributed by atoms with E-state index in [0.717, 1.165) is 24.5 Å². The fourth-order valence-corrected chi connectivity index (χ4v) is 5.75. The number of carbonyl (C=O) groups excluding carboxylic acids is 1. The fourth-order valence-electron chi connectivity index (χ4n) is 5.75. The molecule has 0 N–H and O–H groups in total. The van der Waals surface area contributed by atoms with E-state index in [1.54, 1.807) is 0 Å². The Morgan fingerprint density at radius 2 is 1.89 bits per heavy atom. The van der Waals surface area contributed by atoms with Gasteiger partial charge in [-0.25, -0.2) is 0 Å². The summed E-state index contributed by atoms with van der Waals surface area (Å²) in [6.45, 7) is 7.94. The Hall–Kier alpha value is -2.14. The molecule has 2 aromatic rings. The monoisotopic (exact) mass is 364 g/mol. The third-order valence-electron chi connectivity index (χ3n) is 6.90. The van der Waals surface area contributed by atoms with E-state index >= 15 is 0 Å². The molecule has 3 atom stereocenters. The minimum absolute atomic E-state index is 0.166. The molecule has 27 heavy (non-hydrogen) atoms. The van der Waals surface area contributed by atoms with Crippen molar-refractivity contribution in [3.05, 3.63) is 53.3 Å². The molecule has 0 spiro atoms. The number of aromatic nitrogens is 2. The first-order valence-electron chi connectivity index (χ1n) is 10.3. The first-order valence-corrected chi connectivity index (χ1v) is 10.3.